The third-order valence-corrected chi connectivity index (χ3v) is 6.53. The molecule has 1 aromatic carbocycles. The van der Waals surface area contributed by atoms with Gasteiger partial charge >= 0.3 is 144 Å². The molecule has 0 aliphatic heterocycles. The monoisotopic (exact) mass is 362 g/mol. The minimum absolute atomic E-state index is 0.0766. The van der Waals surface area contributed by atoms with Crippen molar-refractivity contribution in [2.24, 2.45) is 4.99 Å². The molecule has 0 bridgehead atoms. The molecule has 0 saturated heterocycles. The zero-order chi connectivity index (χ0) is 17.2. The molecule has 0 N–H and O–H groups in total. The van der Waals surface area contributed by atoms with Crippen LogP contribution in [0.3, 0.4) is 0 Å². The molecule has 0 aliphatic carbocycles. The fourth-order valence-corrected chi connectivity index (χ4v) is 4.73. The van der Waals surface area contributed by atoms with Gasteiger partial charge in [-0.2, -0.15) is 0 Å². The van der Waals surface area contributed by atoms with Gasteiger partial charge in [0.15, 0.2) is 0 Å². The Hall–Kier alpha value is -0.767. The van der Waals surface area contributed by atoms with Gasteiger partial charge in [-0.3, -0.25) is 0 Å². The molecule has 0 fully saturated rings. The van der Waals surface area contributed by atoms with Gasteiger partial charge in [-0.25, -0.2) is 0 Å². The van der Waals surface area contributed by atoms with E-state index < -0.39 is 0 Å². The molecule has 22 heavy (non-hydrogen) atoms. The summed E-state index contributed by atoms with van der Waals surface area (Å²) < 4.78 is 2.91. The summed E-state index contributed by atoms with van der Waals surface area (Å²) in [4.78, 5) is 5.10. The van der Waals surface area contributed by atoms with Crippen LogP contribution in [0.1, 0.15) is 67.9 Å². The van der Waals surface area contributed by atoms with Crippen LogP contribution in [0.15, 0.2) is 35.3 Å². The average molecular weight is 361 g/mol. The van der Waals surface area contributed by atoms with E-state index >= 15 is 0 Å². The average Bonchev–Trinajstić information content (AvgIpc) is 2.31. The Morgan fingerprint density at radius 3 is 1.73 bits per heavy atom. The first kappa shape index (κ1) is 19.3. The Bertz CT molecular complexity index is 499. The summed E-state index contributed by atoms with van der Waals surface area (Å²) in [5, 5.41) is 0. The van der Waals surface area contributed by atoms with E-state index in [1.54, 1.807) is 0 Å². The first-order chi connectivity index (χ1) is 9.80. The molecular weight excluding hydrogens is 329 g/mol. The van der Waals surface area contributed by atoms with E-state index in [2.05, 4.69) is 96.5 Å². The van der Waals surface area contributed by atoms with Gasteiger partial charge in [0, 0.05) is 0 Å². The predicted molar refractivity (Wildman–Crippen MR) is 99.8 cm³/mol. The van der Waals surface area contributed by atoms with Crippen LogP contribution < -0.4 is 0 Å². The fourth-order valence-electron chi connectivity index (χ4n) is 2.02. The first-order valence-electron chi connectivity index (χ1n) is 8.03. The number of nitrogens with zero attached hydrogens (tertiary/aromatic N) is 2. The molecule has 0 heterocycles. The normalized spacial score (nSPS) is 14.1. The molecule has 0 atom stereocenters. The summed E-state index contributed by atoms with van der Waals surface area (Å²) in [6, 6.07) is 10.6. The molecular formula is C19H32GeN2. The Morgan fingerprint density at radius 2 is 1.36 bits per heavy atom. The van der Waals surface area contributed by atoms with Crippen LogP contribution in [-0.4, -0.2) is 36.4 Å². The third kappa shape index (κ3) is 6.55. The van der Waals surface area contributed by atoms with E-state index in [1.807, 2.05) is 0 Å². The van der Waals surface area contributed by atoms with Crippen molar-refractivity contribution in [2.45, 2.75) is 77.6 Å². The van der Waals surface area contributed by atoms with Gasteiger partial charge in [-0.05, 0) is 0 Å². The number of aliphatic imine (C=N–C) groups is 1. The molecule has 0 aromatic heterocycles. The Balaban J connectivity index is 3.42. The van der Waals surface area contributed by atoms with Gasteiger partial charge in [0.05, 0.1) is 0 Å². The van der Waals surface area contributed by atoms with E-state index in [4.69, 9.17) is 4.99 Å². The summed E-state index contributed by atoms with van der Waals surface area (Å²) in [5.41, 5.74) is 1.21. The molecule has 0 aliphatic rings. The van der Waals surface area contributed by atoms with Gasteiger partial charge < -0.3 is 0 Å². The van der Waals surface area contributed by atoms with Crippen molar-refractivity contribution in [1.82, 2.24) is 3.86 Å². The summed E-state index contributed by atoms with van der Waals surface area (Å²) in [6.45, 7) is 20.4. The van der Waals surface area contributed by atoms with Crippen LogP contribution in [-0.2, 0) is 0 Å². The SMILES string of the molecule is CC(C)(C)N=C(c1ccccc1)[N]([Ge][C](C)(C)C)C(C)(C)C. The van der Waals surface area contributed by atoms with Crippen molar-refractivity contribution in [1.29, 1.82) is 0 Å². The topological polar surface area (TPSA) is 15.6 Å². The molecule has 0 spiro atoms. The molecule has 0 unspecified atom stereocenters. The molecule has 122 valence electrons. The van der Waals surface area contributed by atoms with Crippen LogP contribution in [0.4, 0.5) is 0 Å². The van der Waals surface area contributed by atoms with Crippen LogP contribution in [0.25, 0.3) is 0 Å². The number of hydrogen-bond donors (Lipinski definition) is 0. The molecule has 1 rings (SSSR count). The van der Waals surface area contributed by atoms with Crippen molar-refractivity contribution in [3.8, 4) is 0 Å². The summed E-state index contributed by atoms with van der Waals surface area (Å²) in [6.07, 6.45) is 0. The Morgan fingerprint density at radius 1 is 0.864 bits per heavy atom. The molecule has 1 aromatic rings. The van der Waals surface area contributed by atoms with Crippen LogP contribution >= 0.6 is 0 Å². The summed E-state index contributed by atoms with van der Waals surface area (Å²) in [7, 11) is 0. The number of amidine groups is 1. The van der Waals surface area contributed by atoms with Gasteiger partial charge in [0.1, 0.15) is 0 Å². The van der Waals surface area contributed by atoms with Gasteiger partial charge in [-0.1, -0.05) is 0 Å². The van der Waals surface area contributed by atoms with Crippen molar-refractivity contribution in [2.75, 3.05) is 0 Å². The number of benzene rings is 1. The van der Waals surface area contributed by atoms with Crippen LogP contribution in [0.2, 0.25) is 4.25 Å². The van der Waals surface area contributed by atoms with Gasteiger partial charge in [0.25, 0.3) is 0 Å². The summed E-state index contributed by atoms with van der Waals surface area (Å²) >= 11 is -0.351. The van der Waals surface area contributed by atoms with Gasteiger partial charge in [-0.15, -0.1) is 0 Å². The second-order valence-electron chi connectivity index (χ2n) is 8.84. The van der Waals surface area contributed by atoms with Crippen LogP contribution in [0.5, 0.6) is 0 Å². The van der Waals surface area contributed by atoms with Gasteiger partial charge in [0.2, 0.25) is 0 Å². The number of rotatable bonds is 2. The zero-order valence-corrected chi connectivity index (χ0v) is 17.9. The fraction of sp³-hybridized carbons (Fsp3) is 0.632. The van der Waals surface area contributed by atoms with Crippen LogP contribution in [0, 0.1) is 0 Å². The van der Waals surface area contributed by atoms with E-state index in [0.717, 1.165) is 5.84 Å². The second kappa shape index (κ2) is 6.78. The standard InChI is InChI=1S/C19H32GeN2/c1-17(2,3)20-22(19(7,8)9)16(21-18(4,5)6)15-13-11-10-12-14-15/h10-14H,1-9H3. The summed E-state index contributed by atoms with van der Waals surface area (Å²) in [5.74, 6) is 1.15. The third-order valence-electron chi connectivity index (χ3n) is 2.80. The van der Waals surface area contributed by atoms with E-state index in [-0.39, 0.29) is 26.7 Å². The van der Waals surface area contributed by atoms with E-state index in [0.29, 0.717) is 4.25 Å². The minimum atomic E-state index is -0.351. The first-order valence-corrected chi connectivity index (χ1v) is 10.0. The quantitative estimate of drug-likeness (QED) is 0.403. The van der Waals surface area contributed by atoms with Crippen molar-refractivity contribution in [3.05, 3.63) is 35.9 Å². The molecule has 0 saturated carbocycles. The molecule has 2 radical (unpaired) electrons. The molecule has 2 nitrogen and oxygen atoms in total. The predicted octanol–water partition coefficient (Wildman–Crippen LogP) is 5.17. The van der Waals surface area contributed by atoms with Crippen molar-refractivity contribution >= 4 is 21.5 Å². The van der Waals surface area contributed by atoms with Crippen molar-refractivity contribution in [3.63, 3.8) is 0 Å². The maximum absolute atomic E-state index is 5.10. The Kier molecular flexibility index (Phi) is 5.94. The second-order valence-corrected chi connectivity index (χ2v) is 13.4. The Labute approximate surface area is 144 Å². The number of hydrogen-bond acceptors (Lipinski definition) is 1. The van der Waals surface area contributed by atoms with E-state index in [1.165, 1.54) is 5.56 Å². The zero-order valence-electron chi connectivity index (χ0n) is 15.8. The molecule has 0 amide bonds. The maximum atomic E-state index is 5.10. The van der Waals surface area contributed by atoms with Crippen molar-refractivity contribution < 1.29 is 0 Å². The molecule has 3 heteroatoms. The van der Waals surface area contributed by atoms with E-state index in [9.17, 15) is 0 Å².